The van der Waals surface area contributed by atoms with Crippen LogP contribution in [0, 0.1) is 5.82 Å². The van der Waals surface area contributed by atoms with Crippen molar-refractivity contribution in [2.45, 2.75) is 13.1 Å². The van der Waals surface area contributed by atoms with Gasteiger partial charge in [-0.1, -0.05) is 60.7 Å². The Labute approximate surface area is 180 Å². The summed E-state index contributed by atoms with van der Waals surface area (Å²) < 4.78 is 13.8. The number of hydrogen-bond donors (Lipinski definition) is 2. The van der Waals surface area contributed by atoms with Gasteiger partial charge < -0.3 is 10.2 Å². The van der Waals surface area contributed by atoms with Crippen LogP contribution in [0.3, 0.4) is 0 Å². The van der Waals surface area contributed by atoms with Crippen molar-refractivity contribution in [1.82, 2.24) is 9.80 Å². The van der Waals surface area contributed by atoms with Crippen molar-refractivity contribution in [3.05, 3.63) is 83.7 Å². The summed E-state index contributed by atoms with van der Waals surface area (Å²) in [6.07, 6.45) is 0. The number of benzene rings is 3. The number of fused-ring (bicyclic) bond motifs is 1. The molecule has 162 valence electrons. The van der Waals surface area contributed by atoms with Crippen LogP contribution in [0.2, 0.25) is 0 Å². The summed E-state index contributed by atoms with van der Waals surface area (Å²) in [6, 6.07) is 22.2. The molecule has 6 nitrogen and oxygen atoms in total. The predicted octanol–water partition coefficient (Wildman–Crippen LogP) is 3.45. The number of rotatable bonds is 4. The Balaban J connectivity index is 0.000000401. The van der Waals surface area contributed by atoms with E-state index in [1.54, 1.807) is 12.1 Å². The van der Waals surface area contributed by atoms with Gasteiger partial charge in [-0.15, -0.1) is 0 Å². The molecular formula is C24H25FN2O4. The molecule has 0 radical (unpaired) electrons. The summed E-state index contributed by atoms with van der Waals surface area (Å²) in [7, 11) is 0. The van der Waals surface area contributed by atoms with E-state index in [0.717, 1.165) is 38.3 Å². The molecule has 1 fully saturated rings. The van der Waals surface area contributed by atoms with Gasteiger partial charge in [-0.3, -0.25) is 9.80 Å². The number of carboxylic acids is 2. The van der Waals surface area contributed by atoms with E-state index < -0.39 is 11.9 Å². The van der Waals surface area contributed by atoms with Gasteiger partial charge in [0.05, 0.1) is 0 Å². The molecule has 0 atom stereocenters. The van der Waals surface area contributed by atoms with E-state index in [1.807, 2.05) is 12.1 Å². The fourth-order valence-electron chi connectivity index (χ4n) is 3.64. The smallest absolute Gasteiger partial charge is 0.414 e. The lowest BCUT2D eigenvalue weighted by Gasteiger charge is -2.35. The molecule has 0 aromatic heterocycles. The molecule has 0 aliphatic carbocycles. The molecule has 3 aromatic carbocycles. The third-order valence-electron chi connectivity index (χ3n) is 5.27. The van der Waals surface area contributed by atoms with E-state index in [2.05, 4.69) is 52.3 Å². The van der Waals surface area contributed by atoms with Crippen molar-refractivity contribution >= 4 is 22.7 Å². The highest BCUT2D eigenvalue weighted by Crippen LogP contribution is 2.21. The lowest BCUT2D eigenvalue weighted by Crippen LogP contribution is -2.45. The fraction of sp³-hybridized carbons (Fsp3) is 0.250. The van der Waals surface area contributed by atoms with Gasteiger partial charge in [0.15, 0.2) is 0 Å². The molecule has 1 aliphatic rings. The molecule has 4 rings (SSSR count). The lowest BCUT2D eigenvalue weighted by atomic mass is 10.0. The largest absolute Gasteiger partial charge is 0.473 e. The molecule has 31 heavy (non-hydrogen) atoms. The standard InChI is InChI=1S/C22H23FN2.C2H2O4/c23-22-11-4-2-7-20(22)17-25-14-12-24(13-15-25)16-19-9-5-8-18-6-1-3-10-21(18)19;3-1(4)2(5)6/h1-11H,12-17H2;(H,3,4)(H,5,6). The minimum absolute atomic E-state index is 0.0966. The van der Waals surface area contributed by atoms with Crippen LogP contribution in [0.4, 0.5) is 4.39 Å². The first-order valence-electron chi connectivity index (χ1n) is 10.0. The van der Waals surface area contributed by atoms with Gasteiger partial charge in [0.25, 0.3) is 0 Å². The number of aliphatic carboxylic acids is 2. The lowest BCUT2D eigenvalue weighted by molar-refractivity contribution is -0.159. The van der Waals surface area contributed by atoms with Crippen LogP contribution in [-0.2, 0) is 22.7 Å². The van der Waals surface area contributed by atoms with Crippen LogP contribution in [-0.4, -0.2) is 58.1 Å². The van der Waals surface area contributed by atoms with Crippen molar-refractivity contribution in [3.8, 4) is 0 Å². The summed E-state index contributed by atoms with van der Waals surface area (Å²) >= 11 is 0. The van der Waals surface area contributed by atoms with Gasteiger partial charge in [0.2, 0.25) is 0 Å². The van der Waals surface area contributed by atoms with Crippen LogP contribution >= 0.6 is 0 Å². The summed E-state index contributed by atoms with van der Waals surface area (Å²) in [5, 5.41) is 17.4. The maximum absolute atomic E-state index is 13.8. The number of piperazine rings is 1. The summed E-state index contributed by atoms with van der Waals surface area (Å²) in [6.45, 7) is 5.71. The van der Waals surface area contributed by atoms with Crippen LogP contribution < -0.4 is 0 Å². The average Bonchev–Trinajstić information content (AvgIpc) is 2.77. The minimum atomic E-state index is -1.82. The third kappa shape index (κ3) is 6.34. The van der Waals surface area contributed by atoms with E-state index in [1.165, 1.54) is 16.3 Å². The molecule has 1 saturated heterocycles. The molecule has 7 heteroatoms. The normalized spacial score (nSPS) is 14.6. The second-order valence-electron chi connectivity index (χ2n) is 7.39. The van der Waals surface area contributed by atoms with Crippen LogP contribution in [0.25, 0.3) is 10.8 Å². The number of nitrogens with zero attached hydrogens (tertiary/aromatic N) is 2. The summed E-state index contributed by atoms with van der Waals surface area (Å²) in [5.74, 6) is -3.74. The van der Waals surface area contributed by atoms with Crippen molar-refractivity contribution in [2.75, 3.05) is 26.2 Å². The molecule has 0 spiro atoms. The SMILES string of the molecule is Fc1ccccc1CN1CCN(Cc2cccc3ccccc23)CC1.O=C(O)C(=O)O. The van der Waals surface area contributed by atoms with Crippen LogP contribution in [0.5, 0.6) is 0 Å². The van der Waals surface area contributed by atoms with E-state index in [4.69, 9.17) is 19.8 Å². The molecule has 0 unspecified atom stereocenters. The maximum atomic E-state index is 13.8. The first-order valence-corrected chi connectivity index (χ1v) is 10.0. The van der Waals surface area contributed by atoms with E-state index in [-0.39, 0.29) is 5.82 Å². The number of halogens is 1. The topological polar surface area (TPSA) is 81.1 Å². The average molecular weight is 424 g/mol. The highest BCUT2D eigenvalue weighted by Gasteiger charge is 2.18. The highest BCUT2D eigenvalue weighted by molar-refractivity contribution is 6.27. The van der Waals surface area contributed by atoms with E-state index in [9.17, 15) is 4.39 Å². The quantitative estimate of drug-likeness (QED) is 0.625. The Bertz CT molecular complexity index is 1030. The summed E-state index contributed by atoms with van der Waals surface area (Å²) in [5.41, 5.74) is 2.19. The van der Waals surface area contributed by atoms with Gasteiger partial charge in [-0.05, 0) is 22.4 Å². The zero-order chi connectivity index (χ0) is 22.2. The van der Waals surface area contributed by atoms with Crippen molar-refractivity contribution in [2.24, 2.45) is 0 Å². The molecule has 0 saturated carbocycles. The second kappa shape index (κ2) is 10.7. The Morgan fingerprint density at radius 2 is 1.19 bits per heavy atom. The predicted molar refractivity (Wildman–Crippen MR) is 116 cm³/mol. The van der Waals surface area contributed by atoms with Gasteiger partial charge in [-0.2, -0.15) is 0 Å². The molecule has 2 N–H and O–H groups in total. The third-order valence-corrected chi connectivity index (χ3v) is 5.27. The summed E-state index contributed by atoms with van der Waals surface area (Å²) in [4.78, 5) is 23.0. The molecule has 0 bridgehead atoms. The highest BCUT2D eigenvalue weighted by atomic mass is 19.1. The Morgan fingerprint density at radius 3 is 1.81 bits per heavy atom. The second-order valence-corrected chi connectivity index (χ2v) is 7.39. The molecule has 3 aromatic rings. The Hall–Kier alpha value is -3.29. The Morgan fingerprint density at radius 1 is 0.710 bits per heavy atom. The van der Waals surface area contributed by atoms with Gasteiger partial charge >= 0.3 is 11.9 Å². The van der Waals surface area contributed by atoms with Crippen molar-refractivity contribution in [1.29, 1.82) is 0 Å². The zero-order valence-electron chi connectivity index (χ0n) is 17.1. The molecule has 1 aliphatic heterocycles. The van der Waals surface area contributed by atoms with Crippen molar-refractivity contribution < 1.29 is 24.2 Å². The number of carbonyl (C=O) groups is 2. The van der Waals surface area contributed by atoms with Crippen LogP contribution in [0.15, 0.2) is 66.7 Å². The van der Waals surface area contributed by atoms with Crippen LogP contribution in [0.1, 0.15) is 11.1 Å². The van der Waals surface area contributed by atoms with E-state index >= 15 is 0 Å². The number of hydrogen-bond acceptors (Lipinski definition) is 4. The fourth-order valence-corrected chi connectivity index (χ4v) is 3.64. The van der Waals surface area contributed by atoms with Crippen molar-refractivity contribution in [3.63, 3.8) is 0 Å². The Kier molecular flexibility index (Phi) is 7.70. The first-order chi connectivity index (χ1) is 14.9. The molecule has 1 heterocycles. The van der Waals surface area contributed by atoms with E-state index in [0.29, 0.717) is 6.54 Å². The van der Waals surface area contributed by atoms with Gasteiger partial charge in [0.1, 0.15) is 5.82 Å². The van der Waals surface area contributed by atoms with Gasteiger partial charge in [0, 0.05) is 44.8 Å². The minimum Gasteiger partial charge on any atom is -0.473 e. The first kappa shape index (κ1) is 22.4. The molecule has 0 amide bonds. The monoisotopic (exact) mass is 424 g/mol. The zero-order valence-corrected chi connectivity index (χ0v) is 17.1. The number of carboxylic acid groups (broad SMARTS) is 2. The van der Waals surface area contributed by atoms with Gasteiger partial charge in [-0.25, -0.2) is 14.0 Å². The maximum Gasteiger partial charge on any atom is 0.414 e. The molecular weight excluding hydrogens is 399 g/mol.